The van der Waals surface area contributed by atoms with Crippen LogP contribution >= 0.6 is 0 Å². The molecule has 5 nitrogen and oxygen atoms in total. The molecule has 0 aliphatic carbocycles. The summed E-state index contributed by atoms with van der Waals surface area (Å²) < 4.78 is 5.13. The summed E-state index contributed by atoms with van der Waals surface area (Å²) in [6.07, 6.45) is 0. The summed E-state index contributed by atoms with van der Waals surface area (Å²) in [6, 6.07) is 6.05. The number of carboxylic acids is 1. The molecular formula is C14H19NO4. The molecule has 0 bridgehead atoms. The maximum atomic E-state index is 11.7. The number of benzene rings is 1. The van der Waals surface area contributed by atoms with E-state index in [1.165, 1.54) is 18.7 Å². The van der Waals surface area contributed by atoms with Gasteiger partial charge in [0.15, 0.2) is 0 Å². The van der Waals surface area contributed by atoms with E-state index in [2.05, 4.69) is 0 Å². The summed E-state index contributed by atoms with van der Waals surface area (Å²) in [4.78, 5) is 24.1. The molecule has 104 valence electrons. The minimum Gasteiger partial charge on any atom is -0.497 e. The van der Waals surface area contributed by atoms with Gasteiger partial charge in [0, 0.05) is 6.92 Å². The fraction of sp³-hybridized carbons (Fsp3) is 0.429. The van der Waals surface area contributed by atoms with Crippen LogP contribution in [-0.2, 0) is 9.59 Å². The van der Waals surface area contributed by atoms with E-state index in [-0.39, 0.29) is 11.9 Å². The summed E-state index contributed by atoms with van der Waals surface area (Å²) >= 11 is 0. The van der Waals surface area contributed by atoms with Crippen molar-refractivity contribution in [1.82, 2.24) is 4.90 Å². The number of hydrogen-bond acceptors (Lipinski definition) is 3. The largest absolute Gasteiger partial charge is 0.497 e. The number of nitrogens with zero attached hydrogens (tertiary/aromatic N) is 1. The normalized spacial score (nSPS) is 13.5. The van der Waals surface area contributed by atoms with Crippen LogP contribution in [0, 0.1) is 0 Å². The maximum Gasteiger partial charge on any atom is 0.326 e. The van der Waals surface area contributed by atoms with E-state index in [4.69, 9.17) is 9.84 Å². The first kappa shape index (κ1) is 15.0. The van der Waals surface area contributed by atoms with Gasteiger partial charge in [0.05, 0.1) is 13.2 Å². The van der Waals surface area contributed by atoms with Crippen molar-refractivity contribution >= 4 is 11.9 Å². The molecule has 1 N–H and O–H groups in total. The summed E-state index contributed by atoms with van der Waals surface area (Å²) in [6.45, 7) is 4.67. The lowest BCUT2D eigenvalue weighted by atomic mass is 10.0. The minimum absolute atomic E-state index is 0.273. The maximum absolute atomic E-state index is 11.7. The molecule has 0 saturated carbocycles. The van der Waals surface area contributed by atoms with Crippen molar-refractivity contribution in [3.05, 3.63) is 29.8 Å². The fourth-order valence-electron chi connectivity index (χ4n) is 2.06. The number of ether oxygens (including phenoxy) is 1. The number of hydrogen-bond donors (Lipinski definition) is 1. The topological polar surface area (TPSA) is 66.8 Å². The zero-order chi connectivity index (χ0) is 14.6. The molecule has 0 spiro atoms. The van der Waals surface area contributed by atoms with Gasteiger partial charge in [0.25, 0.3) is 0 Å². The molecule has 1 aromatic rings. The Morgan fingerprint density at radius 1 is 1.32 bits per heavy atom. The van der Waals surface area contributed by atoms with Crippen LogP contribution in [0.4, 0.5) is 0 Å². The van der Waals surface area contributed by atoms with Crippen LogP contribution in [0.3, 0.4) is 0 Å². The molecule has 0 aromatic heterocycles. The summed E-state index contributed by atoms with van der Waals surface area (Å²) in [5.41, 5.74) is 0.836. The van der Waals surface area contributed by atoms with Gasteiger partial charge in [-0.15, -0.1) is 0 Å². The Kier molecular flexibility index (Phi) is 4.92. The van der Waals surface area contributed by atoms with Gasteiger partial charge < -0.3 is 14.7 Å². The predicted molar refractivity (Wildman–Crippen MR) is 71.0 cm³/mol. The molecule has 19 heavy (non-hydrogen) atoms. The van der Waals surface area contributed by atoms with Gasteiger partial charge in [-0.1, -0.05) is 12.1 Å². The van der Waals surface area contributed by atoms with E-state index in [1.807, 2.05) is 12.1 Å². The number of carbonyl (C=O) groups excluding carboxylic acids is 1. The van der Waals surface area contributed by atoms with E-state index >= 15 is 0 Å². The van der Waals surface area contributed by atoms with Crippen LogP contribution in [0.25, 0.3) is 0 Å². The van der Waals surface area contributed by atoms with Crippen LogP contribution in [0.1, 0.15) is 32.4 Å². The number of carbonyl (C=O) groups is 2. The first-order valence-electron chi connectivity index (χ1n) is 6.04. The Morgan fingerprint density at radius 2 is 1.95 bits per heavy atom. The average molecular weight is 265 g/mol. The minimum atomic E-state index is -1.02. The molecule has 0 saturated heterocycles. The molecule has 0 heterocycles. The highest BCUT2D eigenvalue weighted by Gasteiger charge is 2.28. The Hall–Kier alpha value is -2.04. The molecule has 5 heteroatoms. The van der Waals surface area contributed by atoms with E-state index < -0.39 is 12.0 Å². The zero-order valence-corrected chi connectivity index (χ0v) is 11.6. The van der Waals surface area contributed by atoms with Gasteiger partial charge in [-0.3, -0.25) is 4.79 Å². The summed E-state index contributed by atoms with van der Waals surface area (Å²) in [5, 5.41) is 9.08. The van der Waals surface area contributed by atoms with Crippen molar-refractivity contribution in [2.45, 2.75) is 32.9 Å². The van der Waals surface area contributed by atoms with Crippen molar-refractivity contribution in [2.75, 3.05) is 7.11 Å². The highest BCUT2D eigenvalue weighted by molar-refractivity contribution is 5.82. The number of carboxylic acid groups (broad SMARTS) is 1. The van der Waals surface area contributed by atoms with E-state index in [9.17, 15) is 9.59 Å². The molecule has 1 rings (SSSR count). The number of rotatable bonds is 5. The smallest absolute Gasteiger partial charge is 0.326 e. The Labute approximate surface area is 112 Å². The average Bonchev–Trinajstić information content (AvgIpc) is 2.38. The summed E-state index contributed by atoms with van der Waals surface area (Å²) in [5.74, 6) is -0.619. The Bertz CT molecular complexity index is 472. The SMILES string of the molecule is COc1cccc(C(C)N(C(C)=O)C(C)C(=O)O)c1. The van der Waals surface area contributed by atoms with Crippen LogP contribution in [-0.4, -0.2) is 35.0 Å². The lowest BCUT2D eigenvalue weighted by Gasteiger charge is -2.32. The van der Waals surface area contributed by atoms with Gasteiger partial charge in [-0.25, -0.2) is 4.79 Å². The molecule has 2 unspecified atom stereocenters. The number of aliphatic carboxylic acids is 1. The van der Waals surface area contributed by atoms with E-state index in [1.54, 1.807) is 26.2 Å². The van der Waals surface area contributed by atoms with Crippen LogP contribution < -0.4 is 4.74 Å². The molecule has 0 aliphatic heterocycles. The molecule has 0 radical (unpaired) electrons. The van der Waals surface area contributed by atoms with E-state index in [0.717, 1.165) is 5.56 Å². The monoisotopic (exact) mass is 265 g/mol. The van der Waals surface area contributed by atoms with Crippen molar-refractivity contribution in [1.29, 1.82) is 0 Å². The molecule has 0 aliphatic rings. The highest BCUT2D eigenvalue weighted by Crippen LogP contribution is 2.25. The van der Waals surface area contributed by atoms with E-state index in [0.29, 0.717) is 5.75 Å². The first-order chi connectivity index (χ1) is 8.88. The Balaban J connectivity index is 3.08. The van der Waals surface area contributed by atoms with Gasteiger partial charge in [0.1, 0.15) is 11.8 Å². The molecule has 0 fully saturated rings. The third-order valence-corrected chi connectivity index (χ3v) is 3.13. The Morgan fingerprint density at radius 3 is 2.42 bits per heavy atom. The zero-order valence-electron chi connectivity index (χ0n) is 11.6. The number of methoxy groups -OCH3 is 1. The van der Waals surface area contributed by atoms with Gasteiger partial charge in [0.2, 0.25) is 5.91 Å². The second-order valence-corrected chi connectivity index (χ2v) is 4.39. The van der Waals surface area contributed by atoms with Crippen molar-refractivity contribution in [3.8, 4) is 5.75 Å². The molecule has 1 aromatic carbocycles. The standard InChI is InChI=1S/C14H19NO4/c1-9(12-6-5-7-13(8-12)19-4)15(11(3)16)10(2)14(17)18/h5-10H,1-4H3,(H,17,18). The van der Waals surface area contributed by atoms with Crippen LogP contribution in [0.2, 0.25) is 0 Å². The molecule has 1 amide bonds. The third kappa shape index (κ3) is 3.47. The second kappa shape index (κ2) is 6.22. The molecule has 2 atom stereocenters. The molecular weight excluding hydrogens is 246 g/mol. The quantitative estimate of drug-likeness (QED) is 0.885. The third-order valence-electron chi connectivity index (χ3n) is 3.13. The highest BCUT2D eigenvalue weighted by atomic mass is 16.5. The van der Waals surface area contributed by atoms with Crippen molar-refractivity contribution in [3.63, 3.8) is 0 Å². The fourth-order valence-corrected chi connectivity index (χ4v) is 2.06. The van der Waals surface area contributed by atoms with Crippen molar-refractivity contribution in [2.24, 2.45) is 0 Å². The first-order valence-corrected chi connectivity index (χ1v) is 6.04. The van der Waals surface area contributed by atoms with Gasteiger partial charge in [-0.05, 0) is 31.5 Å². The lowest BCUT2D eigenvalue weighted by Crippen LogP contribution is -2.43. The summed E-state index contributed by atoms with van der Waals surface area (Å²) in [7, 11) is 1.56. The second-order valence-electron chi connectivity index (χ2n) is 4.39. The predicted octanol–water partition coefficient (Wildman–Crippen LogP) is 2.08. The number of amides is 1. The van der Waals surface area contributed by atoms with Crippen molar-refractivity contribution < 1.29 is 19.4 Å². The van der Waals surface area contributed by atoms with Gasteiger partial charge >= 0.3 is 5.97 Å². The van der Waals surface area contributed by atoms with Gasteiger partial charge in [-0.2, -0.15) is 0 Å². The van der Waals surface area contributed by atoms with Crippen LogP contribution in [0.5, 0.6) is 5.75 Å². The lowest BCUT2D eigenvalue weighted by molar-refractivity contribution is -0.150. The van der Waals surface area contributed by atoms with Crippen LogP contribution in [0.15, 0.2) is 24.3 Å².